The second kappa shape index (κ2) is 2.74. The van der Waals surface area contributed by atoms with Crippen molar-refractivity contribution in [3.05, 3.63) is 25.3 Å². The summed E-state index contributed by atoms with van der Waals surface area (Å²) < 4.78 is 0. The molecule has 1 N–H and O–H groups in total. The van der Waals surface area contributed by atoms with E-state index in [9.17, 15) is 0 Å². The zero-order chi connectivity index (χ0) is 8.60. The molecule has 0 radical (unpaired) electrons. The lowest BCUT2D eigenvalue weighted by Crippen LogP contribution is -2.60. The molecule has 66 valence electrons. The van der Waals surface area contributed by atoms with Gasteiger partial charge >= 0.3 is 0 Å². The summed E-state index contributed by atoms with van der Waals surface area (Å²) in [5.41, 5.74) is 0.410. The highest BCUT2D eigenvalue weighted by Crippen LogP contribution is 2.56. The maximum absolute atomic E-state index is 3.98. The van der Waals surface area contributed by atoms with E-state index < -0.39 is 0 Å². The first-order valence-electron chi connectivity index (χ1n) is 4.78. The van der Waals surface area contributed by atoms with E-state index >= 15 is 0 Å². The molecule has 1 heteroatoms. The molecule has 2 unspecified atom stereocenters. The average Bonchev–Trinajstić information content (AvgIpc) is 2.15. The van der Waals surface area contributed by atoms with Crippen molar-refractivity contribution in [2.45, 2.75) is 12.8 Å². The molecule has 2 atom stereocenters. The zero-order valence-electron chi connectivity index (χ0n) is 7.55. The van der Waals surface area contributed by atoms with Crippen molar-refractivity contribution in [3.63, 3.8) is 0 Å². The van der Waals surface area contributed by atoms with Crippen molar-refractivity contribution in [3.8, 4) is 0 Å². The fraction of sp³-hybridized carbons (Fsp3) is 0.636. The predicted octanol–water partition coefficient (Wildman–Crippen LogP) is 1.97. The van der Waals surface area contributed by atoms with Crippen molar-refractivity contribution in [1.29, 1.82) is 0 Å². The van der Waals surface area contributed by atoms with E-state index in [2.05, 4.69) is 24.6 Å². The molecule has 3 rings (SSSR count). The molecule has 0 aromatic heterocycles. The zero-order valence-corrected chi connectivity index (χ0v) is 7.55. The number of hydrogen-bond acceptors (Lipinski definition) is 1. The SMILES string of the molecule is C=CCC1(C=C)C2CNCC1C2. The highest BCUT2D eigenvalue weighted by atomic mass is 14.9. The smallest absolute Gasteiger partial charge is 0.000572 e. The van der Waals surface area contributed by atoms with Gasteiger partial charge in [0.15, 0.2) is 0 Å². The van der Waals surface area contributed by atoms with E-state index in [0.29, 0.717) is 5.41 Å². The predicted molar refractivity (Wildman–Crippen MR) is 51.9 cm³/mol. The van der Waals surface area contributed by atoms with Crippen LogP contribution in [0.4, 0.5) is 0 Å². The Morgan fingerprint density at radius 1 is 1.33 bits per heavy atom. The average molecular weight is 163 g/mol. The van der Waals surface area contributed by atoms with Gasteiger partial charge in [-0.05, 0) is 43.2 Å². The van der Waals surface area contributed by atoms with Gasteiger partial charge in [0, 0.05) is 0 Å². The lowest BCUT2D eigenvalue weighted by Gasteiger charge is -2.58. The number of piperidine rings is 2. The molecule has 3 fully saturated rings. The Kier molecular flexibility index (Phi) is 1.84. The van der Waals surface area contributed by atoms with Crippen molar-refractivity contribution in [2.75, 3.05) is 13.1 Å². The van der Waals surface area contributed by atoms with Crippen LogP contribution >= 0.6 is 0 Å². The fourth-order valence-electron chi connectivity index (χ4n) is 2.93. The molecule has 1 nitrogen and oxygen atoms in total. The Labute approximate surface area is 74.5 Å². The standard InChI is InChI=1S/C11H17N/c1-3-5-11(4-2)9-6-10(11)8-12-7-9/h3-4,9-10,12H,1-2,5-8H2. The van der Waals surface area contributed by atoms with Crippen LogP contribution in [0.3, 0.4) is 0 Å². The largest absolute Gasteiger partial charge is 0.316 e. The summed E-state index contributed by atoms with van der Waals surface area (Å²) >= 11 is 0. The number of nitrogens with one attached hydrogen (secondary N) is 1. The third kappa shape index (κ3) is 0.831. The highest BCUT2D eigenvalue weighted by Gasteiger charge is 2.53. The summed E-state index contributed by atoms with van der Waals surface area (Å²) in [6, 6.07) is 0. The van der Waals surface area contributed by atoms with Crippen LogP contribution in [0.15, 0.2) is 25.3 Å². The topological polar surface area (TPSA) is 12.0 Å². The molecule has 0 amide bonds. The van der Waals surface area contributed by atoms with E-state index in [-0.39, 0.29) is 0 Å². The fourth-order valence-corrected chi connectivity index (χ4v) is 2.93. The molecule has 0 aromatic rings. The number of fused-ring (bicyclic) bond motifs is 2. The Morgan fingerprint density at radius 3 is 2.42 bits per heavy atom. The molecule has 1 saturated carbocycles. The lowest BCUT2D eigenvalue weighted by molar-refractivity contribution is -0.0366. The Bertz CT molecular complexity index is 193. The van der Waals surface area contributed by atoms with Gasteiger partial charge in [0.25, 0.3) is 0 Å². The van der Waals surface area contributed by atoms with Gasteiger partial charge < -0.3 is 5.32 Å². The summed E-state index contributed by atoms with van der Waals surface area (Å²) in [4.78, 5) is 0. The minimum absolute atomic E-state index is 0.410. The second-order valence-electron chi connectivity index (χ2n) is 4.10. The Morgan fingerprint density at radius 2 is 2.00 bits per heavy atom. The van der Waals surface area contributed by atoms with Gasteiger partial charge in [-0.3, -0.25) is 0 Å². The molecule has 0 spiro atoms. The quantitative estimate of drug-likeness (QED) is 0.627. The Balaban J connectivity index is 2.17. The first kappa shape index (κ1) is 8.06. The molecular formula is C11H17N. The minimum atomic E-state index is 0.410. The number of hydrogen-bond donors (Lipinski definition) is 1. The van der Waals surface area contributed by atoms with E-state index in [1.807, 2.05) is 6.08 Å². The van der Waals surface area contributed by atoms with Gasteiger partial charge in [-0.25, -0.2) is 0 Å². The van der Waals surface area contributed by atoms with Gasteiger partial charge in [-0.1, -0.05) is 12.2 Å². The molecule has 2 aliphatic heterocycles. The molecule has 2 saturated heterocycles. The summed E-state index contributed by atoms with van der Waals surface area (Å²) in [6.45, 7) is 10.2. The summed E-state index contributed by atoms with van der Waals surface area (Å²) in [7, 11) is 0. The van der Waals surface area contributed by atoms with Gasteiger partial charge in [0.2, 0.25) is 0 Å². The van der Waals surface area contributed by atoms with Gasteiger partial charge in [-0.2, -0.15) is 0 Å². The molecule has 3 aliphatic rings. The highest BCUT2D eigenvalue weighted by molar-refractivity contribution is 5.16. The summed E-state index contributed by atoms with van der Waals surface area (Å²) in [5, 5.41) is 3.45. The molecule has 1 aliphatic carbocycles. The first-order valence-corrected chi connectivity index (χ1v) is 4.78. The van der Waals surface area contributed by atoms with Crippen molar-refractivity contribution in [1.82, 2.24) is 5.32 Å². The maximum Gasteiger partial charge on any atom is -0.000572 e. The van der Waals surface area contributed by atoms with Crippen molar-refractivity contribution >= 4 is 0 Å². The maximum atomic E-state index is 3.98. The molecule has 2 bridgehead atoms. The third-order valence-corrected chi connectivity index (χ3v) is 3.75. The number of allylic oxidation sites excluding steroid dienone is 2. The van der Waals surface area contributed by atoms with Crippen LogP contribution in [0, 0.1) is 17.3 Å². The van der Waals surface area contributed by atoms with Crippen LogP contribution in [-0.2, 0) is 0 Å². The van der Waals surface area contributed by atoms with E-state index in [1.165, 1.54) is 19.5 Å². The van der Waals surface area contributed by atoms with Crippen LogP contribution < -0.4 is 5.32 Å². The lowest BCUT2D eigenvalue weighted by atomic mass is 9.49. The van der Waals surface area contributed by atoms with E-state index in [1.54, 1.807) is 0 Å². The van der Waals surface area contributed by atoms with Gasteiger partial charge in [0.1, 0.15) is 0 Å². The normalized spacial score (nSPS) is 44.7. The monoisotopic (exact) mass is 163 g/mol. The molecule has 0 aromatic carbocycles. The van der Waals surface area contributed by atoms with Gasteiger partial charge in [0.05, 0.1) is 0 Å². The van der Waals surface area contributed by atoms with E-state index in [0.717, 1.165) is 18.3 Å². The summed E-state index contributed by atoms with van der Waals surface area (Å²) in [5.74, 6) is 1.65. The van der Waals surface area contributed by atoms with Crippen LogP contribution in [0.1, 0.15) is 12.8 Å². The van der Waals surface area contributed by atoms with Crippen LogP contribution in [0.25, 0.3) is 0 Å². The van der Waals surface area contributed by atoms with Crippen LogP contribution in [0.2, 0.25) is 0 Å². The molecule has 2 heterocycles. The number of rotatable bonds is 3. The van der Waals surface area contributed by atoms with Crippen LogP contribution in [-0.4, -0.2) is 13.1 Å². The minimum Gasteiger partial charge on any atom is -0.316 e. The van der Waals surface area contributed by atoms with Gasteiger partial charge in [-0.15, -0.1) is 13.2 Å². The second-order valence-corrected chi connectivity index (χ2v) is 4.10. The first-order chi connectivity index (χ1) is 5.83. The summed E-state index contributed by atoms with van der Waals surface area (Å²) in [6.07, 6.45) is 6.74. The molecular weight excluding hydrogens is 146 g/mol. The van der Waals surface area contributed by atoms with Crippen molar-refractivity contribution < 1.29 is 0 Å². The third-order valence-electron chi connectivity index (χ3n) is 3.75. The molecule has 12 heavy (non-hydrogen) atoms. The Hall–Kier alpha value is -0.560. The van der Waals surface area contributed by atoms with E-state index in [4.69, 9.17) is 0 Å². The van der Waals surface area contributed by atoms with Crippen LogP contribution in [0.5, 0.6) is 0 Å². The van der Waals surface area contributed by atoms with Crippen molar-refractivity contribution in [2.24, 2.45) is 17.3 Å².